The van der Waals surface area contributed by atoms with Crippen molar-refractivity contribution in [3.05, 3.63) is 108 Å². The van der Waals surface area contributed by atoms with Crippen LogP contribution in [0, 0.1) is 0 Å². The summed E-state index contributed by atoms with van der Waals surface area (Å²) in [5.41, 5.74) is 6.39. The van der Waals surface area contributed by atoms with Gasteiger partial charge in [0, 0.05) is 0 Å². The molecule has 6 rings (SSSR count). The summed E-state index contributed by atoms with van der Waals surface area (Å²) in [6, 6.07) is 32.8. The second-order valence-corrected chi connectivity index (χ2v) is 8.77. The Morgan fingerprint density at radius 1 is 0.441 bits per heavy atom. The maximum absolute atomic E-state index is 4.52. The minimum Gasteiger partial charge on any atom is -0.151 e. The van der Waals surface area contributed by atoms with Crippen LogP contribution in [0.1, 0.15) is 24.0 Å². The van der Waals surface area contributed by atoms with Gasteiger partial charge in [-0.2, -0.15) is 20.5 Å². The number of hydrogen-bond donors (Lipinski definition) is 0. The molecule has 1 aliphatic rings. The number of azo groups is 2. The van der Waals surface area contributed by atoms with Crippen molar-refractivity contribution in [2.45, 2.75) is 25.7 Å². The fourth-order valence-corrected chi connectivity index (χ4v) is 4.71. The molecule has 5 aromatic carbocycles. The third-order valence-corrected chi connectivity index (χ3v) is 6.46. The highest BCUT2D eigenvalue weighted by Gasteiger charge is 2.12. The van der Waals surface area contributed by atoms with Gasteiger partial charge in [0.05, 0.1) is 22.7 Å². The molecule has 0 aliphatic heterocycles. The summed E-state index contributed by atoms with van der Waals surface area (Å²) < 4.78 is 0. The second kappa shape index (κ2) is 8.99. The number of benzene rings is 5. The van der Waals surface area contributed by atoms with E-state index in [0.717, 1.165) is 33.5 Å². The normalized spacial score (nSPS) is 13.8. The molecule has 4 heteroatoms. The summed E-state index contributed by atoms with van der Waals surface area (Å²) in [5.74, 6) is 0. The largest absolute Gasteiger partial charge is 0.151 e. The van der Waals surface area contributed by atoms with Crippen molar-refractivity contribution in [3.8, 4) is 0 Å². The van der Waals surface area contributed by atoms with Crippen LogP contribution in [-0.2, 0) is 12.8 Å². The Morgan fingerprint density at radius 2 is 1.00 bits per heavy atom. The van der Waals surface area contributed by atoms with Gasteiger partial charge in [-0.25, -0.2) is 0 Å². The lowest BCUT2D eigenvalue weighted by molar-refractivity contribution is 0.690. The Balaban J connectivity index is 1.23. The Hall–Kier alpha value is -4.18. The molecule has 0 fully saturated rings. The predicted molar refractivity (Wildman–Crippen MR) is 139 cm³/mol. The van der Waals surface area contributed by atoms with Gasteiger partial charge >= 0.3 is 0 Å². The molecular weight excluding hydrogens is 416 g/mol. The number of fused-ring (bicyclic) bond motifs is 4. The standard InChI is InChI=1S/C30H24N4/c1-2-7-25(8-3-1)31-32-26-14-12-23-19-27(15-13-22(23)18-26)33-34-28-16-17-30-24(20-28)11-10-21-6-4-5-9-29(21)30/h1-3,7-8,10-20H,4-6,9H2. The molecule has 4 nitrogen and oxygen atoms in total. The van der Waals surface area contributed by atoms with Crippen LogP contribution in [0.5, 0.6) is 0 Å². The van der Waals surface area contributed by atoms with Gasteiger partial charge in [-0.05, 0) is 107 Å². The molecule has 0 N–H and O–H groups in total. The summed E-state index contributed by atoms with van der Waals surface area (Å²) in [6.45, 7) is 0. The van der Waals surface area contributed by atoms with Crippen molar-refractivity contribution in [2.24, 2.45) is 20.5 Å². The van der Waals surface area contributed by atoms with Gasteiger partial charge in [0.15, 0.2) is 0 Å². The van der Waals surface area contributed by atoms with E-state index in [4.69, 9.17) is 0 Å². The lowest BCUT2D eigenvalue weighted by Crippen LogP contribution is -2.02. The first-order valence-corrected chi connectivity index (χ1v) is 11.8. The number of nitrogens with zero attached hydrogens (tertiary/aromatic N) is 4. The first kappa shape index (κ1) is 20.4. The van der Waals surface area contributed by atoms with Crippen LogP contribution in [0.25, 0.3) is 21.5 Å². The van der Waals surface area contributed by atoms with Crippen LogP contribution in [0.4, 0.5) is 22.7 Å². The van der Waals surface area contributed by atoms with Crippen molar-refractivity contribution in [3.63, 3.8) is 0 Å². The highest BCUT2D eigenvalue weighted by Crippen LogP contribution is 2.32. The van der Waals surface area contributed by atoms with Gasteiger partial charge in [-0.15, -0.1) is 0 Å². The third-order valence-electron chi connectivity index (χ3n) is 6.46. The highest BCUT2D eigenvalue weighted by atomic mass is 15.1. The molecule has 0 radical (unpaired) electrons. The van der Waals surface area contributed by atoms with E-state index in [1.54, 1.807) is 0 Å². The fraction of sp³-hybridized carbons (Fsp3) is 0.133. The van der Waals surface area contributed by atoms with Crippen molar-refractivity contribution in [1.29, 1.82) is 0 Å². The molecule has 0 saturated heterocycles. The smallest absolute Gasteiger partial charge is 0.0863 e. The van der Waals surface area contributed by atoms with E-state index in [9.17, 15) is 0 Å². The lowest BCUT2D eigenvalue weighted by atomic mass is 9.88. The zero-order chi connectivity index (χ0) is 22.7. The van der Waals surface area contributed by atoms with E-state index in [1.165, 1.54) is 47.6 Å². The van der Waals surface area contributed by atoms with Crippen LogP contribution >= 0.6 is 0 Å². The third kappa shape index (κ3) is 4.23. The SMILES string of the molecule is c1ccc(N=Nc2ccc3cc(N=Nc4ccc5c6c(ccc5c4)CCCC6)ccc3c2)cc1. The van der Waals surface area contributed by atoms with Gasteiger partial charge in [0.2, 0.25) is 0 Å². The van der Waals surface area contributed by atoms with E-state index in [2.05, 4.69) is 56.9 Å². The lowest BCUT2D eigenvalue weighted by Gasteiger charge is -2.17. The predicted octanol–water partition coefficient (Wildman–Crippen LogP) is 9.70. The van der Waals surface area contributed by atoms with E-state index in [1.807, 2.05) is 60.7 Å². The summed E-state index contributed by atoms with van der Waals surface area (Å²) >= 11 is 0. The van der Waals surface area contributed by atoms with E-state index in [-0.39, 0.29) is 0 Å². The molecule has 1 aliphatic carbocycles. The van der Waals surface area contributed by atoms with E-state index >= 15 is 0 Å². The van der Waals surface area contributed by atoms with Gasteiger partial charge < -0.3 is 0 Å². The average molecular weight is 441 g/mol. The monoisotopic (exact) mass is 440 g/mol. The molecule has 0 amide bonds. The zero-order valence-corrected chi connectivity index (χ0v) is 18.9. The van der Waals surface area contributed by atoms with Crippen LogP contribution in [0.2, 0.25) is 0 Å². The maximum Gasteiger partial charge on any atom is 0.0863 e. The Labute approximate surface area is 198 Å². The highest BCUT2D eigenvalue weighted by molar-refractivity contribution is 5.89. The molecule has 34 heavy (non-hydrogen) atoms. The summed E-state index contributed by atoms with van der Waals surface area (Å²) in [4.78, 5) is 0. The van der Waals surface area contributed by atoms with Crippen LogP contribution in [0.3, 0.4) is 0 Å². The van der Waals surface area contributed by atoms with Crippen LogP contribution < -0.4 is 0 Å². The molecule has 0 heterocycles. The van der Waals surface area contributed by atoms with Crippen molar-refractivity contribution in [1.82, 2.24) is 0 Å². The van der Waals surface area contributed by atoms with E-state index in [0.29, 0.717) is 0 Å². The molecule has 164 valence electrons. The zero-order valence-electron chi connectivity index (χ0n) is 18.9. The van der Waals surface area contributed by atoms with E-state index < -0.39 is 0 Å². The van der Waals surface area contributed by atoms with Gasteiger partial charge in [-0.1, -0.05) is 48.5 Å². The van der Waals surface area contributed by atoms with Gasteiger partial charge in [0.1, 0.15) is 0 Å². The van der Waals surface area contributed by atoms with Gasteiger partial charge in [0.25, 0.3) is 0 Å². The van der Waals surface area contributed by atoms with Crippen LogP contribution in [0.15, 0.2) is 118 Å². The molecule has 0 unspecified atom stereocenters. The van der Waals surface area contributed by atoms with Crippen molar-refractivity contribution < 1.29 is 0 Å². The second-order valence-electron chi connectivity index (χ2n) is 8.77. The molecule has 0 spiro atoms. The van der Waals surface area contributed by atoms with Crippen molar-refractivity contribution in [2.75, 3.05) is 0 Å². The first-order valence-electron chi connectivity index (χ1n) is 11.8. The van der Waals surface area contributed by atoms with Crippen molar-refractivity contribution >= 4 is 44.3 Å². The molecule has 0 bridgehead atoms. The molecule has 0 aromatic heterocycles. The average Bonchev–Trinajstić information content (AvgIpc) is 2.91. The summed E-state index contributed by atoms with van der Waals surface area (Å²) in [6.07, 6.45) is 4.97. The first-order chi connectivity index (χ1) is 16.8. The molecule has 0 saturated carbocycles. The van der Waals surface area contributed by atoms with Gasteiger partial charge in [-0.3, -0.25) is 0 Å². The Morgan fingerprint density at radius 3 is 1.71 bits per heavy atom. The number of rotatable bonds is 4. The molecular formula is C30H24N4. The Kier molecular flexibility index (Phi) is 5.40. The summed E-state index contributed by atoms with van der Waals surface area (Å²) in [5, 5.41) is 22.5. The minimum atomic E-state index is 0.823. The summed E-state index contributed by atoms with van der Waals surface area (Å²) in [7, 11) is 0. The Bertz CT molecular complexity index is 1550. The minimum absolute atomic E-state index is 0.823. The maximum atomic E-state index is 4.52. The molecule has 0 atom stereocenters. The molecule has 5 aromatic rings. The fourth-order valence-electron chi connectivity index (χ4n) is 4.71. The number of hydrogen-bond acceptors (Lipinski definition) is 4. The topological polar surface area (TPSA) is 49.4 Å². The van der Waals surface area contributed by atoms with Crippen LogP contribution in [-0.4, -0.2) is 0 Å². The quantitative estimate of drug-likeness (QED) is 0.250. The number of aryl methyl sites for hydroxylation is 2.